The fraction of sp³-hybridized carbons (Fsp3) is 0.192. The normalized spacial score (nSPS) is 10.8. The van der Waals surface area contributed by atoms with Crippen molar-refractivity contribution >= 4 is 11.6 Å². The molecule has 0 aliphatic rings. The number of nitrogens with one attached hydrogen (secondary N) is 1. The first-order valence-corrected chi connectivity index (χ1v) is 10.9. The van der Waals surface area contributed by atoms with Crippen LogP contribution in [0.4, 0.5) is 10.1 Å². The SMILES string of the molecule is COc1ccc(C(=O)Nc2ccc(-n3nc(OC(C)C)nc3-c3cccc(F)c3)cc2)c(OC)c1. The number of ether oxygens (including phenoxy) is 3. The second kappa shape index (κ2) is 10.3. The summed E-state index contributed by atoms with van der Waals surface area (Å²) >= 11 is 0. The molecule has 0 spiro atoms. The van der Waals surface area contributed by atoms with Crippen molar-refractivity contribution in [2.75, 3.05) is 19.5 Å². The summed E-state index contributed by atoms with van der Waals surface area (Å²) in [5.41, 5.74) is 2.16. The highest BCUT2D eigenvalue weighted by Crippen LogP contribution is 2.27. The van der Waals surface area contributed by atoms with Crippen LogP contribution in [0.5, 0.6) is 17.5 Å². The summed E-state index contributed by atoms with van der Waals surface area (Å²) in [5.74, 6) is 0.713. The van der Waals surface area contributed by atoms with Crippen LogP contribution in [-0.2, 0) is 0 Å². The summed E-state index contributed by atoms with van der Waals surface area (Å²) in [6.07, 6.45) is -0.126. The number of rotatable bonds is 8. The molecule has 4 aromatic rings. The van der Waals surface area contributed by atoms with Gasteiger partial charge in [0.25, 0.3) is 5.91 Å². The predicted octanol–water partition coefficient (Wildman–Crippen LogP) is 5.13. The van der Waals surface area contributed by atoms with Crippen LogP contribution in [0.15, 0.2) is 66.7 Å². The monoisotopic (exact) mass is 476 g/mol. The Labute approximate surface area is 202 Å². The lowest BCUT2D eigenvalue weighted by atomic mass is 10.1. The Morgan fingerprint density at radius 2 is 1.77 bits per heavy atom. The van der Waals surface area contributed by atoms with Crippen molar-refractivity contribution in [3.8, 4) is 34.6 Å². The maximum Gasteiger partial charge on any atom is 0.336 e. The molecular weight excluding hydrogens is 451 g/mol. The number of nitrogens with zero attached hydrogens (tertiary/aromatic N) is 3. The van der Waals surface area contributed by atoms with Crippen molar-refractivity contribution in [1.29, 1.82) is 0 Å². The Bertz CT molecular complexity index is 1340. The minimum Gasteiger partial charge on any atom is -0.497 e. The molecule has 1 aromatic heterocycles. The van der Waals surface area contributed by atoms with E-state index in [9.17, 15) is 9.18 Å². The molecule has 9 heteroatoms. The van der Waals surface area contributed by atoms with Crippen molar-refractivity contribution in [3.63, 3.8) is 0 Å². The zero-order chi connectivity index (χ0) is 24.9. The van der Waals surface area contributed by atoms with Crippen molar-refractivity contribution in [1.82, 2.24) is 14.8 Å². The second-order valence-corrected chi connectivity index (χ2v) is 7.87. The Morgan fingerprint density at radius 1 is 1.00 bits per heavy atom. The average molecular weight is 477 g/mol. The van der Waals surface area contributed by atoms with E-state index in [0.717, 1.165) is 0 Å². The fourth-order valence-electron chi connectivity index (χ4n) is 3.42. The van der Waals surface area contributed by atoms with E-state index >= 15 is 0 Å². The second-order valence-electron chi connectivity index (χ2n) is 7.87. The smallest absolute Gasteiger partial charge is 0.336 e. The van der Waals surface area contributed by atoms with Crippen LogP contribution in [-0.4, -0.2) is 41.0 Å². The molecule has 1 heterocycles. The molecular formula is C26H25FN4O4. The van der Waals surface area contributed by atoms with E-state index in [1.807, 2.05) is 13.8 Å². The molecule has 1 N–H and O–H groups in total. The van der Waals surface area contributed by atoms with E-state index in [2.05, 4.69) is 15.4 Å². The maximum absolute atomic E-state index is 13.9. The van der Waals surface area contributed by atoms with Gasteiger partial charge in [-0.25, -0.2) is 9.07 Å². The molecule has 0 bridgehead atoms. The van der Waals surface area contributed by atoms with Crippen LogP contribution in [0.3, 0.4) is 0 Å². The molecule has 0 aliphatic carbocycles. The number of amides is 1. The molecule has 0 atom stereocenters. The van der Waals surface area contributed by atoms with Gasteiger partial charge in [0, 0.05) is 17.3 Å². The van der Waals surface area contributed by atoms with E-state index in [1.165, 1.54) is 19.2 Å². The first-order chi connectivity index (χ1) is 16.9. The van der Waals surface area contributed by atoms with Crippen molar-refractivity contribution in [3.05, 3.63) is 78.1 Å². The summed E-state index contributed by atoms with van der Waals surface area (Å²) in [6.45, 7) is 3.75. The van der Waals surface area contributed by atoms with Crippen LogP contribution in [0, 0.1) is 5.82 Å². The van der Waals surface area contributed by atoms with E-state index in [-0.39, 0.29) is 23.8 Å². The van der Waals surface area contributed by atoms with Crippen LogP contribution in [0.25, 0.3) is 17.1 Å². The molecule has 3 aromatic carbocycles. The van der Waals surface area contributed by atoms with Crippen molar-refractivity contribution < 1.29 is 23.4 Å². The van der Waals surface area contributed by atoms with Gasteiger partial charge in [-0.3, -0.25) is 4.79 Å². The van der Waals surface area contributed by atoms with Crippen LogP contribution in [0.1, 0.15) is 24.2 Å². The van der Waals surface area contributed by atoms with Crippen molar-refractivity contribution in [2.24, 2.45) is 0 Å². The Morgan fingerprint density at radius 3 is 2.43 bits per heavy atom. The topological polar surface area (TPSA) is 87.5 Å². The molecule has 0 fully saturated rings. The van der Waals surface area contributed by atoms with Gasteiger partial charge in [0.15, 0.2) is 5.82 Å². The molecule has 0 radical (unpaired) electrons. The minimum atomic E-state index is -0.379. The number of anilines is 1. The van der Waals surface area contributed by atoms with Crippen molar-refractivity contribution in [2.45, 2.75) is 20.0 Å². The van der Waals surface area contributed by atoms with Gasteiger partial charge < -0.3 is 19.5 Å². The number of methoxy groups -OCH3 is 2. The number of aromatic nitrogens is 3. The summed E-state index contributed by atoms with van der Waals surface area (Å²) < 4.78 is 31.6. The predicted molar refractivity (Wildman–Crippen MR) is 130 cm³/mol. The quantitative estimate of drug-likeness (QED) is 0.379. The van der Waals surface area contributed by atoms with Crippen LogP contribution in [0.2, 0.25) is 0 Å². The van der Waals surface area contributed by atoms with Crippen LogP contribution >= 0.6 is 0 Å². The number of halogens is 1. The zero-order valence-electron chi connectivity index (χ0n) is 19.8. The summed E-state index contributed by atoms with van der Waals surface area (Å²) in [7, 11) is 3.04. The zero-order valence-corrected chi connectivity index (χ0v) is 19.8. The molecule has 0 unspecified atom stereocenters. The van der Waals surface area contributed by atoms with Gasteiger partial charge in [0.2, 0.25) is 0 Å². The number of hydrogen-bond donors (Lipinski definition) is 1. The summed E-state index contributed by atoms with van der Waals surface area (Å²) in [6, 6.07) is 18.3. The number of carbonyl (C=O) groups is 1. The molecule has 8 nitrogen and oxygen atoms in total. The number of benzene rings is 3. The van der Waals surface area contributed by atoms with Gasteiger partial charge in [-0.05, 0) is 62.4 Å². The minimum absolute atomic E-state index is 0.126. The lowest BCUT2D eigenvalue weighted by Gasteiger charge is -2.11. The van der Waals surface area contributed by atoms with Gasteiger partial charge in [-0.15, -0.1) is 5.10 Å². The first-order valence-electron chi connectivity index (χ1n) is 10.9. The largest absolute Gasteiger partial charge is 0.497 e. The third kappa shape index (κ3) is 5.40. The Kier molecular flexibility index (Phi) is 6.96. The molecule has 180 valence electrons. The third-order valence-electron chi connectivity index (χ3n) is 5.03. The van der Waals surface area contributed by atoms with Gasteiger partial charge in [0.1, 0.15) is 17.3 Å². The van der Waals surface area contributed by atoms with Gasteiger partial charge >= 0.3 is 6.01 Å². The van der Waals surface area contributed by atoms with E-state index < -0.39 is 0 Å². The first kappa shape index (κ1) is 23.7. The van der Waals surface area contributed by atoms with E-state index in [1.54, 1.807) is 66.4 Å². The molecule has 1 amide bonds. The Balaban J connectivity index is 1.61. The van der Waals surface area contributed by atoms with Crippen LogP contribution < -0.4 is 19.5 Å². The highest BCUT2D eigenvalue weighted by Gasteiger charge is 2.17. The number of carbonyl (C=O) groups excluding carboxylic acids is 1. The van der Waals surface area contributed by atoms with Gasteiger partial charge in [0.05, 0.1) is 31.6 Å². The fourth-order valence-corrected chi connectivity index (χ4v) is 3.42. The maximum atomic E-state index is 13.9. The lowest BCUT2D eigenvalue weighted by molar-refractivity contribution is 0.102. The summed E-state index contributed by atoms with van der Waals surface area (Å²) in [5, 5.41) is 7.30. The molecule has 4 rings (SSSR count). The Hall–Kier alpha value is -4.40. The van der Waals surface area contributed by atoms with Gasteiger partial charge in [-0.1, -0.05) is 12.1 Å². The van der Waals surface area contributed by atoms with E-state index in [4.69, 9.17) is 14.2 Å². The standard InChI is InChI=1S/C26H25FN4O4/c1-16(2)35-26-29-24(17-6-5-7-18(27)14-17)31(30-26)20-10-8-19(9-11-20)28-25(32)22-13-12-21(33-3)15-23(22)34-4/h5-16H,1-4H3,(H,28,32). The number of hydrogen-bond acceptors (Lipinski definition) is 6. The molecule has 0 aliphatic heterocycles. The molecule has 0 saturated carbocycles. The highest BCUT2D eigenvalue weighted by molar-refractivity contribution is 6.06. The molecule has 0 saturated heterocycles. The third-order valence-corrected chi connectivity index (χ3v) is 5.03. The van der Waals surface area contributed by atoms with E-state index in [0.29, 0.717) is 39.8 Å². The molecule has 35 heavy (non-hydrogen) atoms. The van der Waals surface area contributed by atoms with Gasteiger partial charge in [-0.2, -0.15) is 4.98 Å². The average Bonchev–Trinajstić information content (AvgIpc) is 3.27. The lowest BCUT2D eigenvalue weighted by Crippen LogP contribution is -2.13. The highest BCUT2D eigenvalue weighted by atomic mass is 19.1. The summed E-state index contributed by atoms with van der Waals surface area (Å²) in [4.78, 5) is 17.3.